The van der Waals surface area contributed by atoms with Crippen LogP contribution >= 0.6 is 0 Å². The molecular formula is C26H21N3O3. The van der Waals surface area contributed by atoms with E-state index in [1.807, 2.05) is 60.8 Å². The summed E-state index contributed by atoms with van der Waals surface area (Å²) in [5.41, 5.74) is 4.04. The van der Waals surface area contributed by atoms with Crippen LogP contribution in [-0.2, 0) is 13.0 Å². The Hall–Kier alpha value is -4.19. The van der Waals surface area contributed by atoms with Crippen molar-refractivity contribution in [2.75, 3.05) is 6.54 Å². The summed E-state index contributed by atoms with van der Waals surface area (Å²) in [4.78, 5) is 42.7. The van der Waals surface area contributed by atoms with Crippen LogP contribution in [0.4, 0.5) is 0 Å². The first-order valence-corrected chi connectivity index (χ1v) is 10.5. The number of hydrogen-bond acceptors (Lipinski definition) is 3. The lowest BCUT2D eigenvalue weighted by atomic mass is 10.1. The third kappa shape index (κ3) is 3.56. The number of para-hydroxylation sites is 1. The van der Waals surface area contributed by atoms with Crippen molar-refractivity contribution in [2.45, 2.75) is 13.0 Å². The Morgan fingerprint density at radius 3 is 2.47 bits per heavy atom. The zero-order valence-electron chi connectivity index (χ0n) is 17.3. The van der Waals surface area contributed by atoms with E-state index in [1.54, 1.807) is 12.1 Å². The van der Waals surface area contributed by atoms with Gasteiger partial charge in [0.15, 0.2) is 0 Å². The molecule has 3 amide bonds. The second kappa shape index (κ2) is 8.15. The summed E-state index contributed by atoms with van der Waals surface area (Å²) in [5.74, 6) is -0.975. The predicted molar refractivity (Wildman–Crippen MR) is 121 cm³/mol. The highest BCUT2D eigenvalue weighted by Crippen LogP contribution is 2.26. The third-order valence-electron chi connectivity index (χ3n) is 5.77. The molecule has 0 aliphatic carbocycles. The number of benzene rings is 3. The number of nitrogens with one attached hydrogen (secondary N) is 2. The highest BCUT2D eigenvalue weighted by atomic mass is 16.2. The molecule has 2 heterocycles. The molecule has 5 rings (SSSR count). The van der Waals surface area contributed by atoms with Crippen molar-refractivity contribution in [1.29, 1.82) is 0 Å². The van der Waals surface area contributed by atoms with E-state index in [9.17, 15) is 14.4 Å². The van der Waals surface area contributed by atoms with Gasteiger partial charge < -0.3 is 10.3 Å². The van der Waals surface area contributed by atoms with Crippen LogP contribution in [0, 0.1) is 0 Å². The fraction of sp³-hybridized carbons (Fsp3) is 0.115. The lowest BCUT2D eigenvalue weighted by Crippen LogP contribution is -2.29. The first-order valence-electron chi connectivity index (χ1n) is 10.5. The first-order chi connectivity index (χ1) is 15.6. The molecule has 0 bridgehead atoms. The zero-order valence-corrected chi connectivity index (χ0v) is 17.3. The molecule has 0 spiro atoms. The molecule has 0 unspecified atom stereocenters. The van der Waals surface area contributed by atoms with Gasteiger partial charge in [0.05, 0.1) is 17.7 Å². The number of amides is 3. The molecule has 1 aromatic heterocycles. The van der Waals surface area contributed by atoms with Crippen molar-refractivity contribution in [2.24, 2.45) is 0 Å². The molecule has 0 saturated heterocycles. The maximum atomic E-state index is 12.9. The van der Waals surface area contributed by atoms with Crippen LogP contribution < -0.4 is 5.32 Å². The predicted octanol–water partition coefficient (Wildman–Crippen LogP) is 3.94. The van der Waals surface area contributed by atoms with Gasteiger partial charge in [-0.2, -0.15) is 0 Å². The largest absolute Gasteiger partial charge is 0.361 e. The lowest BCUT2D eigenvalue weighted by molar-refractivity contribution is 0.0642. The standard InChI is InChI=1S/C26H21N3O3/c30-24(27-13-12-19-15-28-23-9-5-4-8-20(19)23)18-10-11-21-22(14-18)26(32)29(25(21)31)16-17-6-2-1-3-7-17/h1-11,14-15,28H,12-13,16H2,(H,27,30). The van der Waals surface area contributed by atoms with Gasteiger partial charge in [0.2, 0.25) is 0 Å². The fourth-order valence-corrected chi connectivity index (χ4v) is 4.09. The smallest absolute Gasteiger partial charge is 0.261 e. The van der Waals surface area contributed by atoms with Crippen LogP contribution in [0.5, 0.6) is 0 Å². The average Bonchev–Trinajstić information content (AvgIpc) is 3.34. The van der Waals surface area contributed by atoms with Crippen molar-refractivity contribution in [3.8, 4) is 0 Å². The summed E-state index contributed by atoms with van der Waals surface area (Å²) >= 11 is 0. The molecule has 32 heavy (non-hydrogen) atoms. The van der Waals surface area contributed by atoms with E-state index in [0.29, 0.717) is 24.1 Å². The topological polar surface area (TPSA) is 82.3 Å². The first kappa shape index (κ1) is 19.8. The third-order valence-corrected chi connectivity index (χ3v) is 5.77. The van der Waals surface area contributed by atoms with Gasteiger partial charge in [0, 0.05) is 29.2 Å². The minimum atomic E-state index is -0.373. The highest BCUT2D eigenvalue weighted by molar-refractivity contribution is 6.22. The van der Waals surface area contributed by atoms with Gasteiger partial charge in [-0.25, -0.2) is 0 Å². The number of aromatic nitrogens is 1. The van der Waals surface area contributed by atoms with Crippen molar-refractivity contribution in [1.82, 2.24) is 15.2 Å². The molecule has 6 nitrogen and oxygen atoms in total. The quantitative estimate of drug-likeness (QED) is 0.461. The second-order valence-corrected chi connectivity index (χ2v) is 7.81. The van der Waals surface area contributed by atoms with E-state index >= 15 is 0 Å². The van der Waals surface area contributed by atoms with Gasteiger partial charge in [-0.05, 0) is 41.8 Å². The molecule has 1 aliphatic rings. The van der Waals surface area contributed by atoms with E-state index in [2.05, 4.69) is 10.3 Å². The number of carbonyl (C=O) groups is 3. The van der Waals surface area contributed by atoms with Gasteiger partial charge in [0.1, 0.15) is 0 Å². The Kier molecular flexibility index (Phi) is 5.03. The highest BCUT2D eigenvalue weighted by Gasteiger charge is 2.35. The Labute approximate surface area is 184 Å². The van der Waals surface area contributed by atoms with Crippen LogP contribution in [0.1, 0.15) is 42.2 Å². The van der Waals surface area contributed by atoms with E-state index in [4.69, 9.17) is 0 Å². The molecule has 1 aliphatic heterocycles. The fourth-order valence-electron chi connectivity index (χ4n) is 4.09. The molecule has 6 heteroatoms. The molecular weight excluding hydrogens is 402 g/mol. The summed E-state index contributed by atoms with van der Waals surface area (Å²) in [6, 6.07) is 22.1. The van der Waals surface area contributed by atoms with Gasteiger partial charge >= 0.3 is 0 Å². The number of rotatable bonds is 6. The van der Waals surface area contributed by atoms with Crippen LogP contribution in [0.2, 0.25) is 0 Å². The van der Waals surface area contributed by atoms with Gasteiger partial charge in [-0.1, -0.05) is 48.5 Å². The van der Waals surface area contributed by atoms with Gasteiger partial charge in [-0.15, -0.1) is 0 Å². The Balaban J connectivity index is 1.27. The Morgan fingerprint density at radius 2 is 1.62 bits per heavy atom. The summed E-state index contributed by atoms with van der Waals surface area (Å²) in [6.07, 6.45) is 2.64. The van der Waals surface area contributed by atoms with Crippen LogP contribution in [-0.4, -0.2) is 34.2 Å². The molecule has 0 fully saturated rings. The van der Waals surface area contributed by atoms with Crippen LogP contribution in [0.15, 0.2) is 79.0 Å². The molecule has 158 valence electrons. The Bertz CT molecular complexity index is 1340. The number of aromatic amines is 1. The van der Waals surface area contributed by atoms with E-state index in [1.165, 1.54) is 11.0 Å². The monoisotopic (exact) mass is 423 g/mol. The molecule has 0 atom stereocenters. The number of nitrogens with zero attached hydrogens (tertiary/aromatic N) is 1. The summed E-state index contributed by atoms with van der Waals surface area (Å²) in [7, 11) is 0. The minimum Gasteiger partial charge on any atom is -0.361 e. The zero-order chi connectivity index (χ0) is 22.1. The summed E-state index contributed by atoms with van der Waals surface area (Å²) < 4.78 is 0. The SMILES string of the molecule is O=C(NCCc1c[nH]c2ccccc12)c1ccc2c(c1)C(=O)N(Cc1ccccc1)C2=O. The normalized spacial score (nSPS) is 12.9. The van der Waals surface area contributed by atoms with Gasteiger partial charge in [0.25, 0.3) is 17.7 Å². The van der Waals surface area contributed by atoms with E-state index in [0.717, 1.165) is 22.0 Å². The number of hydrogen-bond donors (Lipinski definition) is 2. The molecule has 4 aromatic rings. The van der Waals surface area contributed by atoms with Crippen LogP contribution in [0.3, 0.4) is 0 Å². The molecule has 3 aromatic carbocycles. The summed E-state index contributed by atoms with van der Waals surface area (Å²) in [5, 5.41) is 4.05. The minimum absolute atomic E-state index is 0.208. The number of fused-ring (bicyclic) bond motifs is 2. The molecule has 0 saturated carbocycles. The van der Waals surface area contributed by atoms with Crippen molar-refractivity contribution >= 4 is 28.6 Å². The lowest BCUT2D eigenvalue weighted by Gasteiger charge is -2.13. The van der Waals surface area contributed by atoms with Crippen molar-refractivity contribution in [3.05, 3.63) is 107 Å². The maximum absolute atomic E-state index is 12.9. The van der Waals surface area contributed by atoms with Crippen LogP contribution in [0.25, 0.3) is 10.9 Å². The van der Waals surface area contributed by atoms with Crippen molar-refractivity contribution < 1.29 is 14.4 Å². The summed E-state index contributed by atoms with van der Waals surface area (Å²) in [6.45, 7) is 0.671. The second-order valence-electron chi connectivity index (χ2n) is 7.81. The van der Waals surface area contributed by atoms with Crippen molar-refractivity contribution in [3.63, 3.8) is 0 Å². The number of carbonyl (C=O) groups excluding carboxylic acids is 3. The average molecular weight is 423 g/mol. The maximum Gasteiger partial charge on any atom is 0.261 e. The molecule has 2 N–H and O–H groups in total. The van der Waals surface area contributed by atoms with E-state index in [-0.39, 0.29) is 29.8 Å². The van der Waals surface area contributed by atoms with E-state index < -0.39 is 0 Å². The molecule has 0 radical (unpaired) electrons. The van der Waals surface area contributed by atoms with Gasteiger partial charge in [-0.3, -0.25) is 19.3 Å². The number of H-pyrrole nitrogens is 1. The number of imide groups is 1. The Morgan fingerprint density at radius 1 is 0.875 bits per heavy atom.